The van der Waals surface area contributed by atoms with Gasteiger partial charge in [0, 0.05) is 25.1 Å². The molecule has 0 saturated heterocycles. The molecule has 2 aromatic heterocycles. The topological polar surface area (TPSA) is 60.0 Å². The molecule has 1 aromatic carbocycles. The van der Waals surface area contributed by atoms with E-state index in [1.807, 2.05) is 36.5 Å². The summed E-state index contributed by atoms with van der Waals surface area (Å²) in [6.07, 6.45) is 6.53. The van der Waals surface area contributed by atoms with Crippen molar-refractivity contribution in [1.82, 2.24) is 25.1 Å². The molecule has 3 aromatic rings. The Morgan fingerprint density at radius 3 is 2.83 bits per heavy atom. The minimum atomic E-state index is 0.731. The highest BCUT2D eigenvalue weighted by molar-refractivity contribution is 5.30. The Morgan fingerprint density at radius 2 is 1.96 bits per heavy atom. The van der Waals surface area contributed by atoms with Crippen molar-refractivity contribution in [3.63, 3.8) is 0 Å². The van der Waals surface area contributed by atoms with E-state index >= 15 is 0 Å². The van der Waals surface area contributed by atoms with E-state index in [2.05, 4.69) is 27.4 Å². The third-order valence-corrected chi connectivity index (χ3v) is 4.44. The van der Waals surface area contributed by atoms with E-state index in [-0.39, 0.29) is 0 Å². The second-order valence-electron chi connectivity index (χ2n) is 6.40. The number of aromatic nitrogens is 4. The lowest BCUT2D eigenvalue weighted by atomic mass is 9.96. The van der Waals surface area contributed by atoms with Gasteiger partial charge in [0.05, 0.1) is 17.6 Å². The molecule has 0 fully saturated rings. The summed E-state index contributed by atoms with van der Waals surface area (Å²) in [5, 5.41) is 12.8. The van der Waals surface area contributed by atoms with Crippen LogP contribution in [0, 0.1) is 0 Å². The van der Waals surface area contributed by atoms with E-state index in [1.54, 1.807) is 4.68 Å². The van der Waals surface area contributed by atoms with Gasteiger partial charge in [-0.15, -0.1) is 5.10 Å². The fourth-order valence-electron chi connectivity index (χ4n) is 3.24. The van der Waals surface area contributed by atoms with Crippen molar-refractivity contribution in [2.45, 2.75) is 38.8 Å². The number of fused-ring (bicyclic) bond motifs is 1. The number of hydrogen-bond acceptors (Lipinski definition) is 5. The van der Waals surface area contributed by atoms with Crippen LogP contribution in [0.15, 0.2) is 41.1 Å². The van der Waals surface area contributed by atoms with E-state index in [1.165, 1.54) is 18.4 Å². The summed E-state index contributed by atoms with van der Waals surface area (Å²) in [6.45, 7) is 1.51. The zero-order valence-corrected chi connectivity index (χ0v) is 13.9. The molecule has 1 aliphatic rings. The Morgan fingerprint density at radius 1 is 1.12 bits per heavy atom. The summed E-state index contributed by atoms with van der Waals surface area (Å²) in [4.78, 5) is 2.20. The van der Waals surface area contributed by atoms with Crippen LogP contribution in [0.3, 0.4) is 0 Å². The Hall–Kier alpha value is -2.47. The summed E-state index contributed by atoms with van der Waals surface area (Å²) < 4.78 is 7.30. The van der Waals surface area contributed by atoms with Crippen LogP contribution >= 0.6 is 0 Å². The maximum Gasteiger partial charge on any atom is 0.140 e. The number of para-hydroxylation sites is 1. The molecule has 6 heteroatoms. The summed E-state index contributed by atoms with van der Waals surface area (Å²) in [6, 6.07) is 10.0. The molecular weight excluding hydrogens is 302 g/mol. The summed E-state index contributed by atoms with van der Waals surface area (Å²) >= 11 is 0. The van der Waals surface area contributed by atoms with Gasteiger partial charge >= 0.3 is 0 Å². The smallest absolute Gasteiger partial charge is 0.140 e. The van der Waals surface area contributed by atoms with Gasteiger partial charge in [-0.1, -0.05) is 28.6 Å². The van der Waals surface area contributed by atoms with E-state index in [0.29, 0.717) is 0 Å². The highest BCUT2D eigenvalue weighted by Crippen LogP contribution is 2.25. The Labute approximate surface area is 141 Å². The van der Waals surface area contributed by atoms with Crippen molar-refractivity contribution in [2.24, 2.45) is 0 Å². The van der Waals surface area contributed by atoms with E-state index < -0.39 is 0 Å². The monoisotopic (exact) mass is 323 g/mol. The Balaban J connectivity index is 1.42. The van der Waals surface area contributed by atoms with Crippen LogP contribution < -0.4 is 0 Å². The zero-order chi connectivity index (χ0) is 16.4. The lowest BCUT2D eigenvalue weighted by molar-refractivity contribution is 0.297. The molecule has 0 atom stereocenters. The molecular formula is C18H21N5O. The molecule has 124 valence electrons. The van der Waals surface area contributed by atoms with Crippen LogP contribution in [0.25, 0.3) is 5.69 Å². The Bertz CT molecular complexity index is 808. The molecule has 4 rings (SSSR count). The maximum absolute atomic E-state index is 5.49. The van der Waals surface area contributed by atoms with E-state index in [4.69, 9.17) is 4.52 Å². The van der Waals surface area contributed by atoms with E-state index in [0.717, 1.165) is 48.8 Å². The normalized spacial score (nSPS) is 14.1. The molecule has 6 nitrogen and oxygen atoms in total. The summed E-state index contributed by atoms with van der Waals surface area (Å²) in [5.41, 5.74) is 4.35. The number of benzene rings is 1. The predicted octanol–water partition coefficient (Wildman–Crippen LogP) is 2.77. The van der Waals surface area contributed by atoms with Gasteiger partial charge in [0.2, 0.25) is 0 Å². The number of aryl methyl sites for hydroxylation is 1. The molecule has 0 unspecified atom stereocenters. The predicted molar refractivity (Wildman–Crippen MR) is 89.7 cm³/mol. The summed E-state index contributed by atoms with van der Waals surface area (Å²) in [5.74, 6) is 1.08. The second kappa shape index (κ2) is 6.57. The quantitative estimate of drug-likeness (QED) is 0.722. The van der Waals surface area contributed by atoms with Crippen molar-refractivity contribution < 1.29 is 4.52 Å². The fourth-order valence-corrected chi connectivity index (χ4v) is 3.24. The highest BCUT2D eigenvalue weighted by Gasteiger charge is 2.20. The lowest BCUT2D eigenvalue weighted by Gasteiger charge is -2.15. The largest absolute Gasteiger partial charge is 0.361 e. The maximum atomic E-state index is 5.49. The van der Waals surface area contributed by atoms with Crippen LogP contribution in [0.2, 0.25) is 0 Å². The van der Waals surface area contributed by atoms with Gasteiger partial charge in [0.1, 0.15) is 11.5 Å². The fraction of sp³-hybridized carbons (Fsp3) is 0.389. The molecule has 1 aliphatic carbocycles. The first-order valence-corrected chi connectivity index (χ1v) is 8.41. The van der Waals surface area contributed by atoms with Gasteiger partial charge in [-0.2, -0.15) is 0 Å². The standard InChI is InChI=1S/C18H21N5O/c1-22(13-17-16-9-5-6-10-18(16)24-20-17)11-14-12-23(21-19-14)15-7-3-2-4-8-15/h2-4,7-8,12H,5-6,9-11,13H2,1H3. The van der Waals surface area contributed by atoms with E-state index in [9.17, 15) is 0 Å². The lowest BCUT2D eigenvalue weighted by Crippen LogP contribution is -2.19. The molecule has 0 saturated carbocycles. The minimum absolute atomic E-state index is 0.731. The van der Waals surface area contributed by atoms with Crippen molar-refractivity contribution in [3.05, 3.63) is 59.2 Å². The third kappa shape index (κ3) is 3.10. The molecule has 0 bridgehead atoms. The van der Waals surface area contributed by atoms with Crippen LogP contribution in [0.1, 0.15) is 35.6 Å². The van der Waals surface area contributed by atoms with Gasteiger partial charge in [-0.05, 0) is 38.4 Å². The van der Waals surface area contributed by atoms with Crippen molar-refractivity contribution in [1.29, 1.82) is 0 Å². The molecule has 0 amide bonds. The van der Waals surface area contributed by atoms with Gasteiger partial charge in [0.25, 0.3) is 0 Å². The average Bonchev–Trinajstić information content (AvgIpc) is 3.23. The minimum Gasteiger partial charge on any atom is -0.361 e. The van der Waals surface area contributed by atoms with Gasteiger partial charge in [0.15, 0.2) is 0 Å². The van der Waals surface area contributed by atoms with Crippen molar-refractivity contribution in [3.8, 4) is 5.69 Å². The molecule has 0 spiro atoms. The van der Waals surface area contributed by atoms with Crippen molar-refractivity contribution in [2.75, 3.05) is 7.05 Å². The second-order valence-corrected chi connectivity index (χ2v) is 6.40. The average molecular weight is 323 g/mol. The zero-order valence-electron chi connectivity index (χ0n) is 13.9. The first kappa shape index (κ1) is 15.1. The molecule has 2 heterocycles. The molecule has 24 heavy (non-hydrogen) atoms. The molecule has 0 N–H and O–H groups in total. The van der Waals surface area contributed by atoms with Crippen LogP contribution in [-0.2, 0) is 25.9 Å². The first-order valence-electron chi connectivity index (χ1n) is 8.41. The van der Waals surface area contributed by atoms with Crippen LogP contribution in [-0.4, -0.2) is 32.1 Å². The van der Waals surface area contributed by atoms with Gasteiger partial charge in [-0.3, -0.25) is 4.90 Å². The Kier molecular flexibility index (Phi) is 4.13. The number of rotatable bonds is 5. The van der Waals surface area contributed by atoms with Gasteiger partial charge in [-0.25, -0.2) is 4.68 Å². The number of hydrogen-bond donors (Lipinski definition) is 0. The SMILES string of the molecule is CN(Cc1cn(-c2ccccc2)nn1)Cc1noc2c1CCCC2. The van der Waals surface area contributed by atoms with Crippen LogP contribution in [0.4, 0.5) is 0 Å². The molecule has 0 radical (unpaired) electrons. The highest BCUT2D eigenvalue weighted by atomic mass is 16.5. The van der Waals surface area contributed by atoms with Crippen LogP contribution in [0.5, 0.6) is 0 Å². The molecule has 0 aliphatic heterocycles. The summed E-state index contributed by atoms with van der Waals surface area (Å²) in [7, 11) is 2.07. The van der Waals surface area contributed by atoms with Crippen molar-refractivity contribution >= 4 is 0 Å². The number of nitrogens with zero attached hydrogens (tertiary/aromatic N) is 5. The first-order chi connectivity index (χ1) is 11.8. The third-order valence-electron chi connectivity index (χ3n) is 4.44. The van der Waals surface area contributed by atoms with Gasteiger partial charge < -0.3 is 4.52 Å².